The molecular formula is C50H73NSiTi. The number of allylic oxidation sites excluding steroid dienone is 8. The largest absolute Gasteiger partial charge is 4.00 e. The summed E-state index contributed by atoms with van der Waals surface area (Å²) in [6.45, 7) is 39.6. The van der Waals surface area contributed by atoms with Crippen molar-refractivity contribution >= 4 is 8.24 Å². The summed E-state index contributed by atoms with van der Waals surface area (Å²) in [6.07, 6.45) is 16.5. The molecule has 0 spiro atoms. The van der Waals surface area contributed by atoms with Crippen LogP contribution in [-0.2, 0) is 21.7 Å². The van der Waals surface area contributed by atoms with E-state index in [1.54, 1.807) is 22.3 Å². The van der Waals surface area contributed by atoms with Crippen molar-refractivity contribution in [2.45, 2.75) is 126 Å². The van der Waals surface area contributed by atoms with Gasteiger partial charge in [0, 0.05) is 0 Å². The van der Waals surface area contributed by atoms with E-state index in [4.69, 9.17) is 4.98 Å². The minimum absolute atomic E-state index is 0. The molecule has 0 heterocycles. The van der Waals surface area contributed by atoms with Crippen molar-refractivity contribution in [1.82, 2.24) is 0 Å². The molecule has 5 aliphatic carbocycles. The summed E-state index contributed by atoms with van der Waals surface area (Å²) in [5.74, 6) is 2.43. The quantitative estimate of drug-likeness (QED) is 0.214. The van der Waals surface area contributed by atoms with Crippen molar-refractivity contribution in [2.75, 3.05) is 0 Å². The van der Waals surface area contributed by atoms with Gasteiger partial charge in [0.25, 0.3) is 0 Å². The van der Waals surface area contributed by atoms with Crippen LogP contribution in [0.1, 0.15) is 113 Å². The predicted octanol–water partition coefficient (Wildman–Crippen LogP) is 14.8. The van der Waals surface area contributed by atoms with Gasteiger partial charge in [-0.15, -0.1) is 29.8 Å². The molecule has 0 N–H and O–H groups in total. The fourth-order valence-corrected chi connectivity index (χ4v) is 14.6. The van der Waals surface area contributed by atoms with Gasteiger partial charge in [-0.25, -0.2) is 0 Å². The van der Waals surface area contributed by atoms with E-state index in [2.05, 4.69) is 127 Å². The Balaban J connectivity index is 0.000000394. The van der Waals surface area contributed by atoms with Crippen LogP contribution < -0.4 is 0 Å². The average molecular weight is 764 g/mol. The Hall–Kier alpha value is -1.97. The zero-order valence-corrected chi connectivity index (χ0v) is 38.7. The molecule has 53 heavy (non-hydrogen) atoms. The van der Waals surface area contributed by atoms with Crippen LogP contribution in [0.15, 0.2) is 107 Å². The Bertz CT molecular complexity index is 1550. The Kier molecular flexibility index (Phi) is 13.9. The zero-order valence-electron chi connectivity index (χ0n) is 36.2. The molecule has 4 unspecified atom stereocenters. The maximum absolute atomic E-state index is 5.68. The van der Waals surface area contributed by atoms with E-state index in [1.165, 1.54) is 25.7 Å². The minimum Gasteiger partial charge on any atom is -0.660 e. The number of nitrogens with zero attached hydrogens (tertiary/aromatic N) is 1. The molecule has 7 rings (SSSR count). The maximum atomic E-state index is 5.68. The van der Waals surface area contributed by atoms with Gasteiger partial charge in [-0.05, 0) is 93.3 Å². The van der Waals surface area contributed by atoms with Crippen LogP contribution in [0.2, 0.25) is 18.6 Å². The van der Waals surface area contributed by atoms with Gasteiger partial charge in [0.1, 0.15) is 0 Å². The molecule has 2 aromatic rings. The molecule has 3 fully saturated rings. The van der Waals surface area contributed by atoms with Crippen molar-refractivity contribution in [1.29, 1.82) is 0 Å². The van der Waals surface area contributed by atoms with Gasteiger partial charge in [-0.3, -0.25) is 0 Å². The normalized spacial score (nSPS) is 28.2. The van der Waals surface area contributed by atoms with Crippen molar-refractivity contribution in [3.8, 4) is 0 Å². The molecule has 5 aliphatic rings. The minimum atomic E-state index is -1.92. The second-order valence-corrected chi connectivity index (χ2v) is 24.8. The van der Waals surface area contributed by atoms with Crippen LogP contribution in [-0.4, -0.2) is 13.8 Å². The van der Waals surface area contributed by atoms with E-state index in [1.807, 2.05) is 60.7 Å². The molecule has 0 radical (unpaired) electrons. The first-order chi connectivity index (χ1) is 23.5. The topological polar surface area (TPSA) is 14.1 Å². The van der Waals surface area contributed by atoms with E-state index in [9.17, 15) is 0 Å². The van der Waals surface area contributed by atoms with Crippen LogP contribution in [0, 0.1) is 66.6 Å². The maximum Gasteiger partial charge on any atom is 4.00 e. The van der Waals surface area contributed by atoms with E-state index < -0.39 is 8.24 Å². The first-order valence-corrected chi connectivity index (χ1v) is 22.9. The SMILES string of the molecule is CC(C)(C)[N-][Si](C)(C)C1C2C=C3C(=CC2C2C=C4C(=CC21)C(C)(C)CCC4(C)C)C(C)(C)CCC3(C)C.[CH2-]c1ccccc1.[CH2-]c1ccccc1.[CH3-].[Ti+4]. The zero-order chi connectivity index (χ0) is 37.8. The summed E-state index contributed by atoms with van der Waals surface area (Å²) >= 11 is 0. The first kappa shape index (κ1) is 45.4. The smallest absolute Gasteiger partial charge is 0.660 e. The summed E-state index contributed by atoms with van der Waals surface area (Å²) in [5, 5.41) is 0. The van der Waals surface area contributed by atoms with Crippen LogP contribution in [0.5, 0.6) is 0 Å². The standard InChI is InChI=1S/C35H56NSi.2C7H7.CH3.Ti/c1-31(2,3)36-37(12,13)30-24-20-28-26(32(4,5)14-16-34(28,8)9)18-22(24)23-19-27-29(21-25(23)30)35(10,11)17-15-33(27,6)7;2*1-7-5-3-2-4-6-7;;/h18-25,30H,14-17H2,1-13H3;2*2-6H,1H2;1H3;/q4*-1;+4. The molecule has 1 nitrogen and oxygen atoms in total. The van der Waals surface area contributed by atoms with Crippen molar-refractivity contribution in [3.05, 3.63) is 145 Å². The molecule has 0 aromatic heterocycles. The van der Waals surface area contributed by atoms with Crippen LogP contribution >= 0.6 is 0 Å². The van der Waals surface area contributed by atoms with Gasteiger partial charge >= 0.3 is 21.7 Å². The molecule has 2 aromatic carbocycles. The van der Waals surface area contributed by atoms with E-state index in [-0.39, 0.29) is 56.3 Å². The summed E-state index contributed by atoms with van der Waals surface area (Å²) < 4.78 is 0. The van der Waals surface area contributed by atoms with Crippen molar-refractivity contribution in [3.63, 3.8) is 0 Å². The summed E-state index contributed by atoms with van der Waals surface area (Å²) in [7, 11) is -1.92. The first-order valence-electron chi connectivity index (χ1n) is 19.8. The fourth-order valence-electron chi connectivity index (χ4n) is 10.2. The summed E-state index contributed by atoms with van der Waals surface area (Å²) in [4.78, 5) is 5.68. The van der Waals surface area contributed by atoms with Crippen molar-refractivity contribution < 1.29 is 21.7 Å². The van der Waals surface area contributed by atoms with Gasteiger partial charge in [-0.1, -0.05) is 139 Å². The molecular weight excluding hydrogens is 691 g/mol. The molecule has 0 bridgehead atoms. The molecule has 3 heteroatoms. The van der Waals surface area contributed by atoms with Crippen LogP contribution in [0.25, 0.3) is 4.98 Å². The van der Waals surface area contributed by atoms with Crippen molar-refractivity contribution in [2.24, 2.45) is 45.3 Å². The summed E-state index contributed by atoms with van der Waals surface area (Å²) in [6, 6.07) is 19.7. The fraction of sp³-hybridized carbons (Fsp3) is 0.540. The van der Waals surface area contributed by atoms with Crippen LogP contribution in [0.4, 0.5) is 0 Å². The van der Waals surface area contributed by atoms with Gasteiger partial charge in [0.15, 0.2) is 0 Å². The molecule has 3 saturated carbocycles. The Labute approximate surface area is 344 Å². The molecule has 0 amide bonds. The van der Waals surface area contributed by atoms with Crippen LogP contribution in [0.3, 0.4) is 0 Å². The third kappa shape index (κ3) is 9.89. The number of benzene rings is 2. The van der Waals surface area contributed by atoms with Gasteiger partial charge < -0.3 is 12.4 Å². The number of hydrogen-bond acceptors (Lipinski definition) is 0. The Morgan fingerprint density at radius 2 is 0.792 bits per heavy atom. The number of fused-ring (bicyclic) bond motifs is 5. The van der Waals surface area contributed by atoms with E-state index in [0.29, 0.717) is 29.2 Å². The van der Waals surface area contributed by atoms with Gasteiger partial charge in [0.05, 0.1) is 0 Å². The number of rotatable bonds is 2. The predicted molar refractivity (Wildman–Crippen MR) is 232 cm³/mol. The molecule has 4 atom stereocenters. The third-order valence-corrected chi connectivity index (χ3v) is 16.6. The summed E-state index contributed by atoms with van der Waals surface area (Å²) in [5.41, 5.74) is 10.6. The Morgan fingerprint density at radius 1 is 0.528 bits per heavy atom. The second kappa shape index (κ2) is 16.3. The van der Waals surface area contributed by atoms with E-state index >= 15 is 0 Å². The van der Waals surface area contributed by atoms with Gasteiger partial charge in [0.2, 0.25) is 0 Å². The van der Waals surface area contributed by atoms with E-state index in [0.717, 1.165) is 11.1 Å². The third-order valence-electron chi connectivity index (χ3n) is 13.0. The second-order valence-electron chi connectivity index (χ2n) is 20.6. The molecule has 0 saturated heterocycles. The molecule has 0 aliphatic heterocycles. The monoisotopic (exact) mass is 763 g/mol. The average Bonchev–Trinajstić information content (AvgIpc) is 3.35. The van der Waals surface area contributed by atoms with Gasteiger partial charge in [-0.2, -0.15) is 49.2 Å². The number of hydrogen-bond donors (Lipinski definition) is 0. The molecule has 286 valence electrons. The Morgan fingerprint density at radius 3 is 1.02 bits per heavy atom.